The minimum Gasteiger partial charge on any atom is -0.389 e. The van der Waals surface area contributed by atoms with E-state index < -0.39 is 16.2 Å². The number of carbonyl (C=O) groups excluding carboxylic acids is 1. The monoisotopic (exact) mass is 477 g/mol. The number of hydrogen-bond donors (Lipinski definition) is 5. The second kappa shape index (κ2) is 8.73. The number of aliphatic hydroxyl groups is 2. The number of imidazole rings is 1. The van der Waals surface area contributed by atoms with Crippen LogP contribution >= 0.6 is 10.6 Å². The van der Waals surface area contributed by atoms with E-state index in [1.165, 1.54) is 0 Å². The first-order valence-corrected chi connectivity index (χ1v) is 12.8. The second-order valence-electron chi connectivity index (χ2n) is 9.22. The molecule has 1 aliphatic heterocycles. The van der Waals surface area contributed by atoms with Gasteiger partial charge in [0.2, 0.25) is 5.91 Å². The summed E-state index contributed by atoms with van der Waals surface area (Å²) >= 11 is 0. The van der Waals surface area contributed by atoms with Crippen LogP contribution in [0.5, 0.6) is 0 Å². The van der Waals surface area contributed by atoms with Gasteiger partial charge in [-0.2, -0.15) is 10.6 Å². The summed E-state index contributed by atoms with van der Waals surface area (Å²) < 4.78 is 21.2. The Morgan fingerprint density at radius 1 is 1.21 bits per heavy atom. The maximum absolute atomic E-state index is 12.6. The van der Waals surface area contributed by atoms with Gasteiger partial charge in [0, 0.05) is 24.9 Å². The van der Waals surface area contributed by atoms with Gasteiger partial charge in [-0.05, 0) is 31.9 Å². The molecule has 33 heavy (non-hydrogen) atoms. The molecule has 1 fully saturated rings. The van der Waals surface area contributed by atoms with E-state index in [0.29, 0.717) is 48.3 Å². The quantitative estimate of drug-likeness (QED) is 0.360. The zero-order valence-corrected chi connectivity index (χ0v) is 19.7. The van der Waals surface area contributed by atoms with Gasteiger partial charge in [0.05, 0.1) is 34.7 Å². The number of nitrogen functional groups attached to an aromatic ring is 1. The van der Waals surface area contributed by atoms with Gasteiger partial charge in [-0.3, -0.25) is 13.9 Å². The summed E-state index contributed by atoms with van der Waals surface area (Å²) in [7, 11) is -2.53. The number of fused-ring (bicyclic) bond motifs is 3. The molecule has 0 aliphatic carbocycles. The number of nitrogens with zero attached hydrogens (tertiary/aromatic N) is 4. The van der Waals surface area contributed by atoms with Gasteiger partial charge < -0.3 is 25.4 Å². The fourth-order valence-electron chi connectivity index (χ4n) is 4.22. The summed E-state index contributed by atoms with van der Waals surface area (Å²) in [4.78, 5) is 23.2. The first-order chi connectivity index (χ1) is 15.5. The van der Waals surface area contributed by atoms with E-state index in [0.717, 1.165) is 10.9 Å². The molecular weight excluding hydrogens is 446 g/mol. The van der Waals surface area contributed by atoms with Crippen LogP contribution in [0.2, 0.25) is 0 Å². The smallest absolute Gasteiger partial charge is 0.223 e. The molecule has 6 N–H and O–H groups in total. The zero-order valence-electron chi connectivity index (χ0n) is 18.9. The standard InChI is InChI=1S/C22H31N5O5S/c1-22(2,30)13-27-17(12-28)25-19-20(27)15-5-3-14(11-16(15)24-21(19)23)4-6-18(29)26-7-9-33(31,32)10-8-26/h3,5,11,28,30-32H,4,6-10,12-13H2,1-2H3,(H2,23,24). The summed E-state index contributed by atoms with van der Waals surface area (Å²) in [5.74, 6) is 1.11. The van der Waals surface area contributed by atoms with Crippen LogP contribution in [0.15, 0.2) is 18.2 Å². The SMILES string of the molecule is CC(C)(O)Cn1c(CO)nc2c(N)nc3cc(CCC(=O)N4CCS(O)(O)CC4)ccc3c21. The Bertz CT molecular complexity index is 1190. The molecular formula is C22H31N5O5S. The van der Waals surface area contributed by atoms with Crippen LogP contribution in [0, 0.1) is 0 Å². The molecule has 0 saturated carbocycles. The van der Waals surface area contributed by atoms with E-state index in [9.17, 15) is 24.1 Å². The zero-order chi connectivity index (χ0) is 24.0. The molecule has 0 radical (unpaired) electrons. The van der Waals surface area contributed by atoms with Gasteiger partial charge in [0.25, 0.3) is 0 Å². The topological polar surface area (TPSA) is 158 Å². The predicted molar refractivity (Wildman–Crippen MR) is 129 cm³/mol. The van der Waals surface area contributed by atoms with Gasteiger partial charge in [0.1, 0.15) is 17.9 Å². The second-order valence-corrected chi connectivity index (χ2v) is 11.6. The third-order valence-electron chi connectivity index (χ3n) is 5.89. The van der Waals surface area contributed by atoms with E-state index in [4.69, 9.17) is 5.73 Å². The molecule has 3 heterocycles. The van der Waals surface area contributed by atoms with Crippen molar-refractivity contribution in [3.8, 4) is 0 Å². The lowest BCUT2D eigenvalue weighted by Crippen LogP contribution is -2.42. The first kappa shape index (κ1) is 23.7. The van der Waals surface area contributed by atoms with E-state index in [2.05, 4.69) is 9.97 Å². The van der Waals surface area contributed by atoms with Crippen LogP contribution in [0.4, 0.5) is 5.82 Å². The number of aryl methyl sites for hydroxylation is 1. The highest BCUT2D eigenvalue weighted by Gasteiger charge is 2.25. The number of hydrogen-bond acceptors (Lipinski definition) is 8. The van der Waals surface area contributed by atoms with Gasteiger partial charge >= 0.3 is 0 Å². The number of carbonyl (C=O) groups is 1. The molecule has 0 bridgehead atoms. The number of rotatable bonds is 6. The Hall–Kier alpha value is -2.44. The largest absolute Gasteiger partial charge is 0.389 e. The van der Waals surface area contributed by atoms with E-state index >= 15 is 0 Å². The van der Waals surface area contributed by atoms with Crippen molar-refractivity contribution in [2.75, 3.05) is 30.3 Å². The van der Waals surface area contributed by atoms with Crippen LogP contribution in [0.1, 0.15) is 31.7 Å². The number of benzene rings is 1. The van der Waals surface area contributed by atoms with Crippen LogP contribution in [0.3, 0.4) is 0 Å². The fraction of sp³-hybridized carbons (Fsp3) is 0.500. The van der Waals surface area contributed by atoms with Gasteiger partial charge in [-0.15, -0.1) is 0 Å². The fourth-order valence-corrected chi connectivity index (χ4v) is 5.45. The van der Waals surface area contributed by atoms with Gasteiger partial charge in [-0.1, -0.05) is 12.1 Å². The Labute approximate surface area is 193 Å². The molecule has 180 valence electrons. The molecule has 4 rings (SSSR count). The number of amides is 1. The Morgan fingerprint density at radius 3 is 2.55 bits per heavy atom. The molecule has 0 atom stereocenters. The summed E-state index contributed by atoms with van der Waals surface area (Å²) in [5.41, 5.74) is 7.93. The first-order valence-electron chi connectivity index (χ1n) is 10.9. The molecule has 0 unspecified atom stereocenters. The minimum absolute atomic E-state index is 0.0104. The van der Waals surface area contributed by atoms with Crippen molar-refractivity contribution in [3.05, 3.63) is 29.6 Å². The summed E-state index contributed by atoms with van der Waals surface area (Å²) in [5, 5.41) is 21.0. The third-order valence-corrected chi connectivity index (χ3v) is 7.56. The van der Waals surface area contributed by atoms with Gasteiger partial charge in [-0.25, -0.2) is 9.97 Å². The summed E-state index contributed by atoms with van der Waals surface area (Å²) in [6.07, 6.45) is 0.833. The van der Waals surface area contributed by atoms with Crippen LogP contribution in [-0.2, 0) is 24.4 Å². The highest BCUT2D eigenvalue weighted by atomic mass is 32.3. The van der Waals surface area contributed by atoms with Crippen molar-refractivity contribution in [1.82, 2.24) is 19.4 Å². The maximum Gasteiger partial charge on any atom is 0.223 e. The molecule has 1 amide bonds. The number of aliphatic hydroxyl groups excluding tert-OH is 1. The van der Waals surface area contributed by atoms with Gasteiger partial charge in [0.15, 0.2) is 5.82 Å². The molecule has 11 heteroatoms. The Kier molecular flexibility index (Phi) is 6.27. The average Bonchev–Trinajstić information content (AvgIpc) is 3.09. The molecule has 10 nitrogen and oxygen atoms in total. The predicted octanol–water partition coefficient (Wildman–Crippen LogP) is 1.96. The molecule has 2 aromatic heterocycles. The van der Waals surface area contributed by atoms with E-state index in [1.807, 2.05) is 18.2 Å². The average molecular weight is 478 g/mol. The van der Waals surface area contributed by atoms with Crippen LogP contribution in [-0.4, -0.2) is 74.9 Å². The van der Waals surface area contributed by atoms with E-state index in [1.54, 1.807) is 23.3 Å². The Balaban J connectivity index is 1.61. The number of pyridine rings is 1. The Morgan fingerprint density at radius 2 is 1.91 bits per heavy atom. The highest BCUT2D eigenvalue weighted by molar-refractivity contribution is 8.24. The molecule has 3 aromatic rings. The normalized spacial score (nSPS) is 17.6. The van der Waals surface area contributed by atoms with Crippen molar-refractivity contribution in [2.45, 2.75) is 45.4 Å². The molecule has 0 spiro atoms. The number of anilines is 1. The van der Waals surface area contributed by atoms with Crippen molar-refractivity contribution >= 4 is 44.3 Å². The summed E-state index contributed by atoms with van der Waals surface area (Å²) in [6.45, 7) is 4.05. The lowest BCUT2D eigenvalue weighted by molar-refractivity contribution is -0.130. The molecule has 1 saturated heterocycles. The summed E-state index contributed by atoms with van der Waals surface area (Å²) in [6, 6.07) is 5.73. The number of aromatic nitrogens is 3. The molecule has 1 aromatic carbocycles. The third kappa shape index (κ3) is 5.07. The lowest BCUT2D eigenvalue weighted by Gasteiger charge is -2.41. The van der Waals surface area contributed by atoms with E-state index in [-0.39, 0.29) is 36.4 Å². The molecule has 1 aliphatic rings. The van der Waals surface area contributed by atoms with Crippen molar-refractivity contribution in [3.63, 3.8) is 0 Å². The highest BCUT2D eigenvalue weighted by Crippen LogP contribution is 2.40. The lowest BCUT2D eigenvalue weighted by atomic mass is 10.0. The van der Waals surface area contributed by atoms with Crippen LogP contribution in [0.25, 0.3) is 21.9 Å². The van der Waals surface area contributed by atoms with Crippen molar-refractivity contribution in [1.29, 1.82) is 0 Å². The maximum atomic E-state index is 12.6. The number of nitrogens with two attached hydrogens (primary N) is 1. The van der Waals surface area contributed by atoms with Crippen LogP contribution < -0.4 is 5.73 Å². The van der Waals surface area contributed by atoms with Crippen molar-refractivity contribution in [2.24, 2.45) is 0 Å². The minimum atomic E-state index is -2.53. The van der Waals surface area contributed by atoms with Crippen molar-refractivity contribution < 1.29 is 24.1 Å².